The van der Waals surface area contributed by atoms with Crippen molar-refractivity contribution in [3.63, 3.8) is 0 Å². The van der Waals surface area contributed by atoms with Crippen LogP contribution in [0.1, 0.15) is 11.3 Å². The largest absolute Gasteiger partial charge is 0.349 e. The minimum Gasteiger partial charge on any atom is -0.349 e. The Morgan fingerprint density at radius 2 is 1.94 bits per heavy atom. The van der Waals surface area contributed by atoms with Gasteiger partial charge in [-0.05, 0) is 18.2 Å². The summed E-state index contributed by atoms with van der Waals surface area (Å²) in [5.74, 6) is -3.32. The van der Waals surface area contributed by atoms with E-state index in [1.165, 1.54) is 4.90 Å². The van der Waals surface area contributed by atoms with Crippen molar-refractivity contribution in [2.75, 3.05) is 19.6 Å². The number of carbonyl (C=O) groups excluding carboxylic acids is 4. The fraction of sp³-hybridized carbons (Fsp3) is 0.350. The summed E-state index contributed by atoms with van der Waals surface area (Å²) in [6.45, 7) is -0.157. The SMILES string of the molecule is O=C(Cc1c(F)cc(Br)cc1F)NC1CN(C(=O)CN2C(=O)CNC2=O)Cc2ccnn2C1. The van der Waals surface area contributed by atoms with Crippen LogP contribution >= 0.6 is 15.9 Å². The van der Waals surface area contributed by atoms with Crippen molar-refractivity contribution in [3.8, 4) is 0 Å². The molecule has 0 radical (unpaired) electrons. The van der Waals surface area contributed by atoms with Gasteiger partial charge in [0.1, 0.15) is 18.2 Å². The van der Waals surface area contributed by atoms with E-state index in [0.717, 1.165) is 17.0 Å². The molecule has 1 unspecified atom stereocenters. The highest BCUT2D eigenvalue weighted by atomic mass is 79.9. The molecule has 0 spiro atoms. The second-order valence-electron chi connectivity index (χ2n) is 7.71. The molecule has 0 saturated carbocycles. The number of hydrogen-bond donors (Lipinski definition) is 2. The van der Waals surface area contributed by atoms with E-state index in [1.54, 1.807) is 16.9 Å². The van der Waals surface area contributed by atoms with Crippen LogP contribution in [0, 0.1) is 11.6 Å². The molecule has 1 atom stereocenters. The topological polar surface area (TPSA) is 117 Å². The van der Waals surface area contributed by atoms with Gasteiger partial charge in [-0.2, -0.15) is 5.10 Å². The second kappa shape index (κ2) is 9.25. The summed E-state index contributed by atoms with van der Waals surface area (Å²) >= 11 is 2.99. The lowest BCUT2D eigenvalue weighted by Crippen LogP contribution is -2.49. The Hall–Kier alpha value is -3.35. The van der Waals surface area contributed by atoms with Gasteiger partial charge in [-0.15, -0.1) is 0 Å². The van der Waals surface area contributed by atoms with Gasteiger partial charge in [0.25, 0.3) is 5.91 Å². The number of fused-ring (bicyclic) bond motifs is 1. The molecule has 4 rings (SSSR count). The molecule has 0 bridgehead atoms. The van der Waals surface area contributed by atoms with Crippen LogP contribution in [-0.2, 0) is 33.9 Å². The highest BCUT2D eigenvalue weighted by molar-refractivity contribution is 9.10. The summed E-state index contributed by atoms with van der Waals surface area (Å²) in [6.07, 6.45) is 1.02. The minimum atomic E-state index is -0.849. The third kappa shape index (κ3) is 5.02. The van der Waals surface area contributed by atoms with E-state index in [0.29, 0.717) is 5.69 Å². The van der Waals surface area contributed by atoms with Crippen LogP contribution in [0.2, 0.25) is 0 Å². The van der Waals surface area contributed by atoms with Crippen LogP contribution in [0.5, 0.6) is 0 Å². The summed E-state index contributed by atoms with van der Waals surface area (Å²) in [5.41, 5.74) is 0.331. The summed E-state index contributed by atoms with van der Waals surface area (Å²) in [4.78, 5) is 51.3. The number of carbonyl (C=O) groups is 4. The molecule has 0 aliphatic carbocycles. The average molecular weight is 525 g/mol. The molecule has 2 aliphatic heterocycles. The highest BCUT2D eigenvalue weighted by Crippen LogP contribution is 2.20. The fourth-order valence-electron chi connectivity index (χ4n) is 3.76. The first-order valence-corrected chi connectivity index (χ1v) is 10.8. The number of aromatic nitrogens is 2. The second-order valence-corrected chi connectivity index (χ2v) is 8.62. The lowest BCUT2D eigenvalue weighted by Gasteiger charge is -2.26. The zero-order valence-corrected chi connectivity index (χ0v) is 18.8. The highest BCUT2D eigenvalue weighted by Gasteiger charge is 2.33. The first-order chi connectivity index (χ1) is 15.7. The van der Waals surface area contributed by atoms with Crippen LogP contribution in [-0.4, -0.2) is 69.0 Å². The Labute approximate surface area is 195 Å². The standard InChI is InChI=1S/C20H19BrF2N6O4/c21-11-3-15(22)14(16(23)4-11)5-17(30)26-12-7-27(9-13-1-2-25-29(13)8-12)19(32)10-28-18(31)6-24-20(28)33/h1-4,12H,5-10H2,(H,24,33)(H,26,30). The van der Waals surface area contributed by atoms with E-state index >= 15 is 0 Å². The molecule has 1 fully saturated rings. The quantitative estimate of drug-likeness (QED) is 0.554. The number of halogens is 3. The van der Waals surface area contributed by atoms with Gasteiger partial charge >= 0.3 is 6.03 Å². The molecule has 174 valence electrons. The average Bonchev–Trinajstić information content (AvgIpc) is 3.25. The molecule has 2 N–H and O–H groups in total. The summed E-state index contributed by atoms with van der Waals surface area (Å²) in [5, 5.41) is 9.25. The predicted molar refractivity (Wildman–Crippen MR) is 112 cm³/mol. The Balaban J connectivity index is 1.47. The third-order valence-corrected chi connectivity index (χ3v) is 5.84. The van der Waals surface area contributed by atoms with E-state index in [4.69, 9.17) is 0 Å². The van der Waals surface area contributed by atoms with Crippen molar-refractivity contribution in [3.05, 3.63) is 51.8 Å². The number of nitrogens with one attached hydrogen (secondary N) is 2. The summed E-state index contributed by atoms with van der Waals surface area (Å²) in [6, 6.07) is 2.60. The van der Waals surface area contributed by atoms with E-state index in [9.17, 15) is 28.0 Å². The van der Waals surface area contributed by atoms with Gasteiger partial charge in [0.15, 0.2) is 0 Å². The molecule has 2 aromatic rings. The number of urea groups is 1. The lowest BCUT2D eigenvalue weighted by molar-refractivity contribution is -0.137. The molecular formula is C20H19BrF2N6O4. The van der Waals surface area contributed by atoms with Crippen molar-refractivity contribution >= 4 is 39.7 Å². The van der Waals surface area contributed by atoms with Crippen LogP contribution in [0.25, 0.3) is 0 Å². The zero-order valence-electron chi connectivity index (χ0n) is 17.2. The van der Waals surface area contributed by atoms with Crippen molar-refractivity contribution in [2.45, 2.75) is 25.6 Å². The first-order valence-electron chi connectivity index (χ1n) is 10.0. The van der Waals surface area contributed by atoms with Gasteiger partial charge in [-0.3, -0.25) is 24.0 Å². The van der Waals surface area contributed by atoms with Crippen molar-refractivity contribution < 1.29 is 28.0 Å². The maximum absolute atomic E-state index is 14.1. The summed E-state index contributed by atoms with van der Waals surface area (Å²) < 4.78 is 30.1. The Kier molecular flexibility index (Phi) is 6.40. The Morgan fingerprint density at radius 1 is 1.21 bits per heavy atom. The molecule has 5 amide bonds. The molecule has 1 saturated heterocycles. The van der Waals surface area contributed by atoms with Crippen LogP contribution in [0.4, 0.5) is 13.6 Å². The number of amides is 5. The molecule has 33 heavy (non-hydrogen) atoms. The van der Waals surface area contributed by atoms with Gasteiger partial charge < -0.3 is 15.5 Å². The number of rotatable bonds is 5. The van der Waals surface area contributed by atoms with Gasteiger partial charge in [0.2, 0.25) is 11.8 Å². The van der Waals surface area contributed by atoms with Crippen molar-refractivity contribution in [2.24, 2.45) is 0 Å². The Bertz CT molecular complexity index is 1100. The van der Waals surface area contributed by atoms with E-state index in [2.05, 4.69) is 31.7 Å². The molecule has 1 aromatic carbocycles. The molecule has 2 aliphatic rings. The fourth-order valence-corrected chi connectivity index (χ4v) is 4.17. The van der Waals surface area contributed by atoms with Crippen LogP contribution in [0.3, 0.4) is 0 Å². The van der Waals surface area contributed by atoms with Crippen molar-refractivity contribution in [1.29, 1.82) is 0 Å². The van der Waals surface area contributed by atoms with Crippen LogP contribution < -0.4 is 10.6 Å². The summed E-state index contributed by atoms with van der Waals surface area (Å²) in [7, 11) is 0. The number of nitrogens with zero attached hydrogens (tertiary/aromatic N) is 4. The number of benzene rings is 1. The third-order valence-electron chi connectivity index (χ3n) is 5.38. The molecular weight excluding hydrogens is 506 g/mol. The number of imide groups is 1. The maximum atomic E-state index is 14.1. The normalized spacial score (nSPS) is 18.1. The van der Waals surface area contributed by atoms with Crippen LogP contribution in [0.15, 0.2) is 28.9 Å². The maximum Gasteiger partial charge on any atom is 0.325 e. The number of hydrogen-bond acceptors (Lipinski definition) is 5. The Morgan fingerprint density at radius 3 is 2.61 bits per heavy atom. The van der Waals surface area contributed by atoms with Gasteiger partial charge in [-0.25, -0.2) is 13.6 Å². The smallest absolute Gasteiger partial charge is 0.325 e. The zero-order chi connectivity index (χ0) is 23.7. The van der Waals surface area contributed by atoms with Gasteiger partial charge in [0.05, 0.1) is 37.8 Å². The molecule has 13 heteroatoms. The van der Waals surface area contributed by atoms with E-state index in [1.807, 2.05) is 0 Å². The molecule has 10 nitrogen and oxygen atoms in total. The predicted octanol–water partition coefficient (Wildman–Crippen LogP) is 0.545. The van der Waals surface area contributed by atoms with Gasteiger partial charge in [0, 0.05) is 22.8 Å². The van der Waals surface area contributed by atoms with Crippen molar-refractivity contribution in [1.82, 2.24) is 30.2 Å². The monoisotopic (exact) mass is 524 g/mol. The molecule has 1 aromatic heterocycles. The van der Waals surface area contributed by atoms with Gasteiger partial charge in [-0.1, -0.05) is 15.9 Å². The molecule has 3 heterocycles. The van der Waals surface area contributed by atoms with E-state index in [-0.39, 0.29) is 36.2 Å². The minimum absolute atomic E-state index is 0.0584. The van der Waals surface area contributed by atoms with E-state index < -0.39 is 54.4 Å². The first kappa shape index (κ1) is 22.8. The lowest BCUT2D eigenvalue weighted by atomic mass is 10.1.